The number of thiol groups is 1. The van der Waals surface area contributed by atoms with E-state index in [1.54, 1.807) is 18.3 Å². The first-order chi connectivity index (χ1) is 9.80. The fourth-order valence-corrected chi connectivity index (χ4v) is 2.23. The maximum absolute atomic E-state index is 9.13. The van der Waals surface area contributed by atoms with Crippen molar-refractivity contribution >= 4 is 25.8 Å². The zero-order valence-electron chi connectivity index (χ0n) is 12.8. The van der Waals surface area contributed by atoms with E-state index in [0.29, 0.717) is 17.0 Å². The zero-order chi connectivity index (χ0) is 15.7. The highest BCUT2D eigenvalue weighted by Crippen LogP contribution is 2.39. The average Bonchev–Trinajstić information content (AvgIpc) is 2.65. The number of rotatable bonds is 3. The van der Waals surface area contributed by atoms with Crippen LogP contribution in [0.25, 0.3) is 6.08 Å². The highest BCUT2D eigenvalue weighted by atomic mass is 32.1. The molecule has 0 spiro atoms. The Hall–Kier alpha value is -1.29. The van der Waals surface area contributed by atoms with Crippen LogP contribution in [0.5, 0.6) is 0 Å². The van der Waals surface area contributed by atoms with Gasteiger partial charge < -0.3 is 9.31 Å². The van der Waals surface area contributed by atoms with E-state index >= 15 is 0 Å². The molecule has 1 fully saturated rings. The van der Waals surface area contributed by atoms with Gasteiger partial charge in [0.2, 0.25) is 0 Å². The molecular weight excluding hydrogens is 283 g/mol. The summed E-state index contributed by atoms with van der Waals surface area (Å²) < 4.78 is 12.0. The van der Waals surface area contributed by atoms with Crippen LogP contribution in [-0.2, 0) is 9.31 Å². The SMILES string of the molecule is CC1(C)OB(C(=Cc2ncccc2C#N)CS)OC1(C)C. The highest BCUT2D eigenvalue weighted by Gasteiger charge is 2.52. The molecule has 1 saturated heterocycles. The zero-order valence-corrected chi connectivity index (χ0v) is 13.6. The van der Waals surface area contributed by atoms with E-state index in [1.165, 1.54) is 0 Å². The predicted octanol–water partition coefficient (Wildman–Crippen LogP) is 2.90. The van der Waals surface area contributed by atoms with Gasteiger partial charge in [-0.15, -0.1) is 0 Å². The summed E-state index contributed by atoms with van der Waals surface area (Å²) in [6.45, 7) is 8.02. The van der Waals surface area contributed by atoms with Crippen LogP contribution < -0.4 is 0 Å². The van der Waals surface area contributed by atoms with Crippen molar-refractivity contribution in [3.8, 4) is 6.07 Å². The summed E-state index contributed by atoms with van der Waals surface area (Å²) in [7, 11) is -0.471. The monoisotopic (exact) mass is 302 g/mol. The largest absolute Gasteiger partial charge is 0.491 e. The molecule has 0 N–H and O–H groups in total. The number of pyridine rings is 1. The molecular formula is C15H19BN2O2S. The number of aromatic nitrogens is 1. The minimum atomic E-state index is -0.471. The molecule has 0 amide bonds. The Morgan fingerprint density at radius 2 is 2.00 bits per heavy atom. The molecule has 21 heavy (non-hydrogen) atoms. The molecule has 0 aromatic carbocycles. The topological polar surface area (TPSA) is 55.1 Å². The van der Waals surface area contributed by atoms with Gasteiger partial charge in [0.15, 0.2) is 0 Å². The lowest BCUT2D eigenvalue weighted by Crippen LogP contribution is -2.41. The lowest BCUT2D eigenvalue weighted by Gasteiger charge is -2.32. The van der Waals surface area contributed by atoms with Gasteiger partial charge >= 0.3 is 7.12 Å². The van der Waals surface area contributed by atoms with Crippen LogP contribution in [0.3, 0.4) is 0 Å². The lowest BCUT2D eigenvalue weighted by atomic mass is 9.78. The molecule has 0 radical (unpaired) electrons. The fraction of sp³-hybridized carbons (Fsp3) is 0.467. The van der Waals surface area contributed by atoms with Gasteiger partial charge in [-0.3, -0.25) is 4.98 Å². The molecule has 110 valence electrons. The van der Waals surface area contributed by atoms with Gasteiger partial charge in [0, 0.05) is 11.9 Å². The Labute approximate surface area is 131 Å². The van der Waals surface area contributed by atoms with Crippen molar-refractivity contribution < 1.29 is 9.31 Å². The molecule has 1 aliphatic rings. The second kappa shape index (κ2) is 5.84. The number of nitriles is 1. The minimum absolute atomic E-state index is 0.401. The Morgan fingerprint density at radius 3 is 2.52 bits per heavy atom. The van der Waals surface area contributed by atoms with Crippen LogP contribution in [0.2, 0.25) is 0 Å². The first-order valence-electron chi connectivity index (χ1n) is 6.83. The summed E-state index contributed by atoms with van der Waals surface area (Å²) in [5.74, 6) is 0.471. The molecule has 0 aliphatic carbocycles. The Kier molecular flexibility index (Phi) is 4.47. The van der Waals surface area contributed by atoms with Crippen molar-refractivity contribution in [3.05, 3.63) is 35.1 Å². The summed E-state index contributed by atoms with van der Waals surface area (Å²) in [5, 5.41) is 9.13. The van der Waals surface area contributed by atoms with Crippen LogP contribution in [0.15, 0.2) is 23.8 Å². The van der Waals surface area contributed by atoms with Gasteiger partial charge in [-0.1, -0.05) is 0 Å². The Bertz CT molecular complexity index is 592. The first-order valence-corrected chi connectivity index (χ1v) is 7.46. The number of hydrogen-bond donors (Lipinski definition) is 1. The number of nitrogens with zero attached hydrogens (tertiary/aromatic N) is 2. The van der Waals surface area contributed by atoms with Crippen LogP contribution in [0, 0.1) is 11.3 Å². The third-order valence-corrected chi connectivity index (χ3v) is 4.38. The second-order valence-electron chi connectivity index (χ2n) is 6.01. The molecule has 1 aromatic heterocycles. The third-order valence-electron chi connectivity index (χ3n) is 4.02. The van der Waals surface area contributed by atoms with Crippen LogP contribution in [0.1, 0.15) is 39.0 Å². The summed E-state index contributed by atoms with van der Waals surface area (Å²) in [6.07, 6.45) is 3.49. The second-order valence-corrected chi connectivity index (χ2v) is 6.33. The van der Waals surface area contributed by atoms with Gasteiger partial charge in [0.05, 0.1) is 22.5 Å². The van der Waals surface area contributed by atoms with Gasteiger partial charge in [-0.25, -0.2) is 0 Å². The maximum Gasteiger partial charge on any atom is 0.491 e. The van der Waals surface area contributed by atoms with Crippen molar-refractivity contribution in [2.24, 2.45) is 0 Å². The molecule has 1 aromatic rings. The molecule has 0 bridgehead atoms. The van der Waals surface area contributed by atoms with Crippen molar-refractivity contribution in [2.75, 3.05) is 5.75 Å². The number of hydrogen-bond acceptors (Lipinski definition) is 5. The van der Waals surface area contributed by atoms with E-state index in [-0.39, 0.29) is 0 Å². The fourth-order valence-electron chi connectivity index (χ4n) is 1.99. The van der Waals surface area contributed by atoms with E-state index in [0.717, 1.165) is 5.47 Å². The van der Waals surface area contributed by atoms with Crippen LogP contribution in [0.4, 0.5) is 0 Å². The van der Waals surface area contributed by atoms with Crippen LogP contribution >= 0.6 is 12.6 Å². The standard InChI is InChI=1S/C15H19BN2O2S/c1-14(2)15(3,4)20-16(19-14)12(10-21)8-13-11(9-17)6-5-7-18-13/h5-8,21H,10H2,1-4H3. The van der Waals surface area contributed by atoms with Gasteiger partial charge in [0.1, 0.15) is 6.07 Å². The van der Waals surface area contributed by atoms with E-state index < -0.39 is 18.3 Å². The summed E-state index contributed by atoms with van der Waals surface area (Å²) in [4.78, 5) is 4.24. The van der Waals surface area contributed by atoms with Crippen molar-refractivity contribution in [1.29, 1.82) is 5.26 Å². The van der Waals surface area contributed by atoms with Crippen molar-refractivity contribution in [3.63, 3.8) is 0 Å². The average molecular weight is 302 g/mol. The predicted molar refractivity (Wildman–Crippen MR) is 86.9 cm³/mol. The van der Waals surface area contributed by atoms with E-state index in [9.17, 15) is 0 Å². The van der Waals surface area contributed by atoms with E-state index in [2.05, 4.69) is 23.7 Å². The smallest absolute Gasteiger partial charge is 0.400 e. The highest BCUT2D eigenvalue weighted by molar-refractivity contribution is 7.80. The van der Waals surface area contributed by atoms with Crippen molar-refractivity contribution in [2.45, 2.75) is 38.9 Å². The van der Waals surface area contributed by atoms with Gasteiger partial charge in [-0.2, -0.15) is 17.9 Å². The summed E-state index contributed by atoms with van der Waals surface area (Å²) in [5.41, 5.74) is 1.18. The maximum atomic E-state index is 9.13. The quantitative estimate of drug-likeness (QED) is 0.689. The molecule has 2 heterocycles. The van der Waals surface area contributed by atoms with Gasteiger partial charge in [0.25, 0.3) is 0 Å². The first kappa shape index (κ1) is 16.1. The Balaban J connectivity index is 2.34. The summed E-state index contributed by atoms with van der Waals surface area (Å²) >= 11 is 4.36. The normalized spacial score (nSPS) is 20.4. The lowest BCUT2D eigenvalue weighted by molar-refractivity contribution is 0.00578. The molecule has 4 nitrogen and oxygen atoms in total. The summed E-state index contributed by atoms with van der Waals surface area (Å²) in [6, 6.07) is 5.61. The van der Waals surface area contributed by atoms with E-state index in [1.807, 2.05) is 33.8 Å². The third kappa shape index (κ3) is 3.15. The molecule has 0 unspecified atom stereocenters. The molecule has 1 aliphatic heterocycles. The molecule has 0 atom stereocenters. The molecule has 0 saturated carbocycles. The molecule has 6 heteroatoms. The van der Waals surface area contributed by atoms with E-state index in [4.69, 9.17) is 14.6 Å². The molecule has 2 rings (SSSR count). The Morgan fingerprint density at radius 1 is 1.38 bits per heavy atom. The minimum Gasteiger partial charge on any atom is -0.400 e. The van der Waals surface area contributed by atoms with Gasteiger partial charge in [-0.05, 0) is 51.4 Å². The van der Waals surface area contributed by atoms with Crippen LogP contribution in [-0.4, -0.2) is 29.1 Å². The van der Waals surface area contributed by atoms with Crippen molar-refractivity contribution in [1.82, 2.24) is 4.98 Å².